The van der Waals surface area contributed by atoms with Gasteiger partial charge in [-0.05, 0) is 32.3 Å². The molecule has 0 amide bonds. The number of aromatic nitrogens is 2. The zero-order valence-electron chi connectivity index (χ0n) is 11.7. The number of aryl methyl sites for hydroxylation is 1. The fourth-order valence-electron chi connectivity index (χ4n) is 1.85. The van der Waals surface area contributed by atoms with Crippen LogP contribution in [0, 0.1) is 13.8 Å². The summed E-state index contributed by atoms with van der Waals surface area (Å²) in [5.74, 6) is -0.189. The molecule has 0 bridgehead atoms. The molecule has 0 saturated heterocycles. The second-order valence-electron chi connectivity index (χ2n) is 4.30. The van der Waals surface area contributed by atoms with E-state index >= 15 is 0 Å². The minimum Gasteiger partial charge on any atom is -0.480 e. The minimum absolute atomic E-state index is 0.0721. The van der Waals surface area contributed by atoms with Gasteiger partial charge < -0.3 is 5.11 Å². The van der Waals surface area contributed by atoms with Crippen LogP contribution in [0.25, 0.3) is 0 Å². The molecule has 1 rings (SSSR count). The summed E-state index contributed by atoms with van der Waals surface area (Å²) in [6, 6.07) is 0. The number of carbonyl (C=O) groups is 1. The molecule has 114 valence electrons. The van der Waals surface area contributed by atoms with E-state index in [9.17, 15) is 13.2 Å². The van der Waals surface area contributed by atoms with Crippen LogP contribution in [0.1, 0.15) is 17.8 Å². The van der Waals surface area contributed by atoms with Gasteiger partial charge in [0.1, 0.15) is 11.4 Å². The average Bonchev–Trinajstić information content (AvgIpc) is 2.60. The average molecular weight is 321 g/mol. The highest BCUT2D eigenvalue weighted by Gasteiger charge is 2.24. The zero-order valence-corrected chi connectivity index (χ0v) is 13.3. The Balaban J connectivity index is 2.94. The summed E-state index contributed by atoms with van der Waals surface area (Å²) in [5, 5.41) is 12.7. The molecule has 0 spiro atoms. The van der Waals surface area contributed by atoms with E-state index in [4.69, 9.17) is 5.11 Å². The Morgan fingerprint density at radius 2 is 2.10 bits per heavy atom. The highest BCUT2D eigenvalue weighted by atomic mass is 32.2. The number of sulfonamides is 1. The van der Waals surface area contributed by atoms with Gasteiger partial charge >= 0.3 is 5.97 Å². The van der Waals surface area contributed by atoms with Crippen LogP contribution in [0.15, 0.2) is 4.90 Å². The van der Waals surface area contributed by atoms with Gasteiger partial charge in [-0.25, -0.2) is 13.1 Å². The lowest BCUT2D eigenvalue weighted by atomic mass is 10.4. The van der Waals surface area contributed by atoms with Crippen LogP contribution < -0.4 is 4.72 Å². The fourth-order valence-corrected chi connectivity index (χ4v) is 3.76. The summed E-state index contributed by atoms with van der Waals surface area (Å²) >= 11 is 1.65. The molecule has 0 aromatic carbocycles. The molecule has 1 heterocycles. The molecule has 0 saturated carbocycles. The highest BCUT2D eigenvalue weighted by molar-refractivity contribution is 7.98. The van der Waals surface area contributed by atoms with Crippen molar-refractivity contribution in [2.24, 2.45) is 0 Å². The van der Waals surface area contributed by atoms with Crippen molar-refractivity contribution in [1.82, 2.24) is 14.5 Å². The van der Waals surface area contributed by atoms with E-state index in [0.717, 1.165) is 12.2 Å². The second-order valence-corrected chi connectivity index (χ2v) is 6.98. The molecule has 0 unspecified atom stereocenters. The number of thioether (sulfide) groups is 1. The summed E-state index contributed by atoms with van der Waals surface area (Å²) in [6.45, 7) is 3.11. The first kappa shape index (κ1) is 17.0. The van der Waals surface area contributed by atoms with Gasteiger partial charge in [-0.2, -0.15) is 16.9 Å². The number of nitrogens with zero attached hydrogens (tertiary/aromatic N) is 2. The third-order valence-electron chi connectivity index (χ3n) is 2.69. The maximum absolute atomic E-state index is 12.2. The van der Waals surface area contributed by atoms with Crippen molar-refractivity contribution in [2.45, 2.75) is 31.7 Å². The third-order valence-corrected chi connectivity index (χ3v) is 5.10. The van der Waals surface area contributed by atoms with Crippen molar-refractivity contribution in [1.29, 1.82) is 0 Å². The molecule has 7 nitrogen and oxygen atoms in total. The normalized spacial score (nSPS) is 11.8. The molecule has 0 atom stereocenters. The van der Waals surface area contributed by atoms with Crippen molar-refractivity contribution >= 4 is 27.8 Å². The van der Waals surface area contributed by atoms with Gasteiger partial charge in [-0.3, -0.25) is 9.48 Å². The molecule has 9 heteroatoms. The molecule has 0 aliphatic rings. The maximum atomic E-state index is 12.2. The first-order chi connectivity index (χ1) is 9.29. The van der Waals surface area contributed by atoms with Gasteiger partial charge in [0.15, 0.2) is 0 Å². The molecular formula is C11H19N3O4S2. The van der Waals surface area contributed by atoms with E-state index in [0.29, 0.717) is 17.9 Å². The maximum Gasteiger partial charge on any atom is 0.325 e. The van der Waals surface area contributed by atoms with Crippen molar-refractivity contribution in [3.63, 3.8) is 0 Å². The number of hydrogen-bond donors (Lipinski definition) is 2. The lowest BCUT2D eigenvalue weighted by Crippen LogP contribution is -2.26. The van der Waals surface area contributed by atoms with Crippen LogP contribution in [-0.2, 0) is 21.4 Å². The van der Waals surface area contributed by atoms with Crippen molar-refractivity contribution < 1.29 is 18.3 Å². The van der Waals surface area contributed by atoms with Crippen LogP contribution >= 0.6 is 11.8 Å². The summed E-state index contributed by atoms with van der Waals surface area (Å²) in [7, 11) is -3.65. The predicted octanol–water partition coefficient (Wildman–Crippen LogP) is 0.616. The topological polar surface area (TPSA) is 101 Å². The van der Waals surface area contributed by atoms with Crippen LogP contribution in [0.3, 0.4) is 0 Å². The SMILES string of the molecule is CSCCCNS(=O)(=O)c1c(C)nn(CC(=O)O)c1C. The van der Waals surface area contributed by atoms with Crippen LogP contribution in [0.2, 0.25) is 0 Å². The van der Waals surface area contributed by atoms with E-state index in [1.165, 1.54) is 4.68 Å². The molecule has 1 aromatic rings. The summed E-state index contributed by atoms with van der Waals surface area (Å²) < 4.78 is 28.1. The van der Waals surface area contributed by atoms with Gasteiger partial charge in [0.05, 0.1) is 11.4 Å². The van der Waals surface area contributed by atoms with Crippen LogP contribution in [0.5, 0.6) is 0 Å². The van der Waals surface area contributed by atoms with Gasteiger partial charge in [0.2, 0.25) is 10.0 Å². The molecule has 0 radical (unpaired) electrons. The van der Waals surface area contributed by atoms with Gasteiger partial charge in [-0.15, -0.1) is 0 Å². The number of aliphatic carboxylic acids is 1. The zero-order chi connectivity index (χ0) is 15.3. The molecular weight excluding hydrogens is 302 g/mol. The van der Waals surface area contributed by atoms with E-state index in [2.05, 4.69) is 9.82 Å². The number of carboxylic acid groups (broad SMARTS) is 1. The second kappa shape index (κ2) is 7.09. The van der Waals surface area contributed by atoms with Crippen molar-refractivity contribution in [3.05, 3.63) is 11.4 Å². The molecule has 0 fully saturated rings. The van der Waals surface area contributed by atoms with Gasteiger partial charge in [0, 0.05) is 6.54 Å². The minimum atomic E-state index is -3.65. The quantitative estimate of drug-likeness (QED) is 0.681. The van der Waals surface area contributed by atoms with Gasteiger partial charge in [-0.1, -0.05) is 0 Å². The van der Waals surface area contributed by atoms with E-state index < -0.39 is 16.0 Å². The summed E-state index contributed by atoms with van der Waals surface area (Å²) in [5.41, 5.74) is 0.642. The molecule has 0 aliphatic carbocycles. The van der Waals surface area contributed by atoms with Crippen molar-refractivity contribution in [3.8, 4) is 0 Å². The van der Waals surface area contributed by atoms with E-state index in [1.807, 2.05) is 6.26 Å². The summed E-state index contributed by atoms with van der Waals surface area (Å²) in [4.78, 5) is 10.8. The molecule has 1 aromatic heterocycles. The van der Waals surface area contributed by atoms with Crippen LogP contribution in [0.4, 0.5) is 0 Å². The molecule has 20 heavy (non-hydrogen) atoms. The Morgan fingerprint density at radius 1 is 1.45 bits per heavy atom. The number of rotatable bonds is 8. The third kappa shape index (κ3) is 4.22. The first-order valence-corrected chi connectivity index (χ1v) is 8.91. The standard InChI is InChI=1S/C11H19N3O4S2/c1-8-11(9(2)14(13-8)7-10(15)16)20(17,18)12-5-4-6-19-3/h12H,4-7H2,1-3H3,(H,15,16). The Hall–Kier alpha value is -1.06. The monoisotopic (exact) mass is 321 g/mol. The lowest BCUT2D eigenvalue weighted by molar-refractivity contribution is -0.137. The van der Waals surface area contributed by atoms with Crippen LogP contribution in [-0.4, -0.2) is 47.8 Å². The number of carboxylic acids is 1. The van der Waals surface area contributed by atoms with E-state index in [-0.39, 0.29) is 11.4 Å². The van der Waals surface area contributed by atoms with Gasteiger partial charge in [0.25, 0.3) is 0 Å². The molecule has 0 aliphatic heterocycles. The largest absolute Gasteiger partial charge is 0.480 e. The van der Waals surface area contributed by atoms with E-state index in [1.54, 1.807) is 25.6 Å². The van der Waals surface area contributed by atoms with Crippen molar-refractivity contribution in [2.75, 3.05) is 18.6 Å². The first-order valence-electron chi connectivity index (χ1n) is 6.04. The Labute approximate surface area is 122 Å². The Morgan fingerprint density at radius 3 is 2.65 bits per heavy atom. The lowest BCUT2D eigenvalue weighted by Gasteiger charge is -2.07. The highest BCUT2D eigenvalue weighted by Crippen LogP contribution is 2.19. The Bertz CT molecular complexity index is 581. The Kier molecular flexibility index (Phi) is 6.03. The predicted molar refractivity (Wildman–Crippen MR) is 77.5 cm³/mol. The fraction of sp³-hybridized carbons (Fsp3) is 0.636. The molecule has 2 N–H and O–H groups in total. The summed E-state index contributed by atoms with van der Waals surface area (Å²) in [6.07, 6.45) is 2.69. The smallest absolute Gasteiger partial charge is 0.325 e. The number of nitrogens with one attached hydrogen (secondary N) is 1. The number of hydrogen-bond acceptors (Lipinski definition) is 5.